The van der Waals surface area contributed by atoms with E-state index < -0.39 is 0 Å². The van der Waals surface area contributed by atoms with Crippen LogP contribution in [0.15, 0.2) is 10.7 Å². The zero-order valence-electron chi connectivity index (χ0n) is 11.4. The van der Waals surface area contributed by atoms with Gasteiger partial charge in [-0.25, -0.2) is 9.97 Å². The van der Waals surface area contributed by atoms with E-state index in [4.69, 9.17) is 0 Å². The molecule has 0 spiro atoms. The lowest BCUT2D eigenvalue weighted by Crippen LogP contribution is -2.25. The summed E-state index contributed by atoms with van der Waals surface area (Å²) in [6.07, 6.45) is 5.14. The fourth-order valence-electron chi connectivity index (χ4n) is 2.38. The maximum atomic E-state index is 4.59. The second-order valence-corrected chi connectivity index (χ2v) is 6.50. The minimum Gasteiger partial charge on any atom is -0.367 e. The predicted octanol–water partition coefficient (Wildman–Crippen LogP) is 4.35. The van der Waals surface area contributed by atoms with Crippen molar-refractivity contribution in [1.29, 1.82) is 0 Å². The molecule has 0 amide bonds. The molecule has 0 aliphatic heterocycles. The number of anilines is 1. The van der Waals surface area contributed by atoms with E-state index in [2.05, 4.69) is 52.0 Å². The summed E-state index contributed by atoms with van der Waals surface area (Å²) >= 11 is 3.46. The molecule has 1 heterocycles. The number of hydrogen-bond acceptors (Lipinski definition) is 3. The predicted molar refractivity (Wildman–Crippen MR) is 78.9 cm³/mol. The van der Waals surface area contributed by atoms with Crippen molar-refractivity contribution in [2.75, 3.05) is 5.32 Å². The van der Waals surface area contributed by atoms with Crippen molar-refractivity contribution in [3.05, 3.63) is 16.5 Å². The maximum Gasteiger partial charge on any atom is 0.134 e. The van der Waals surface area contributed by atoms with E-state index in [1.165, 1.54) is 25.7 Å². The van der Waals surface area contributed by atoms with Gasteiger partial charge in [-0.3, -0.25) is 0 Å². The number of nitrogens with one attached hydrogen (secondary N) is 1. The Morgan fingerprint density at radius 2 is 1.89 bits per heavy atom. The molecule has 0 aromatic carbocycles. The van der Waals surface area contributed by atoms with E-state index in [1.54, 1.807) is 0 Å². The molecule has 1 aliphatic carbocycles. The van der Waals surface area contributed by atoms with Gasteiger partial charge in [-0.05, 0) is 47.5 Å². The van der Waals surface area contributed by atoms with Crippen LogP contribution in [0.1, 0.15) is 58.2 Å². The Morgan fingerprint density at radius 3 is 2.50 bits per heavy atom. The first-order valence-electron chi connectivity index (χ1n) is 6.85. The Kier molecular flexibility index (Phi) is 4.60. The fourth-order valence-corrected chi connectivity index (χ4v) is 2.78. The molecule has 4 heteroatoms. The molecule has 1 saturated carbocycles. The van der Waals surface area contributed by atoms with E-state index in [1.807, 2.05) is 6.07 Å². The topological polar surface area (TPSA) is 37.8 Å². The molecule has 0 unspecified atom stereocenters. The van der Waals surface area contributed by atoms with Crippen molar-refractivity contribution in [3.63, 3.8) is 0 Å². The molecular weight excluding hydrogens is 290 g/mol. The summed E-state index contributed by atoms with van der Waals surface area (Å²) in [6, 6.07) is 2.55. The smallest absolute Gasteiger partial charge is 0.134 e. The minimum absolute atomic E-state index is 0.356. The highest BCUT2D eigenvalue weighted by atomic mass is 79.9. The average molecular weight is 312 g/mol. The van der Waals surface area contributed by atoms with Crippen molar-refractivity contribution in [1.82, 2.24) is 9.97 Å². The maximum absolute atomic E-state index is 4.59. The molecule has 0 saturated heterocycles. The molecule has 0 bridgehead atoms. The second-order valence-electron chi connectivity index (χ2n) is 5.69. The summed E-state index contributed by atoms with van der Waals surface area (Å²) < 4.78 is 0.868. The molecule has 0 atom stereocenters. The fraction of sp³-hybridized carbons (Fsp3) is 0.714. The van der Waals surface area contributed by atoms with Crippen LogP contribution in [-0.2, 0) is 0 Å². The van der Waals surface area contributed by atoms with Crippen LogP contribution in [0.4, 0.5) is 5.82 Å². The summed E-state index contributed by atoms with van der Waals surface area (Å²) in [5.41, 5.74) is 0. The summed E-state index contributed by atoms with van der Waals surface area (Å²) in [5, 5.41) is 3.56. The number of rotatable bonds is 3. The largest absolute Gasteiger partial charge is 0.367 e. The van der Waals surface area contributed by atoms with Crippen LogP contribution in [0.2, 0.25) is 0 Å². The summed E-state index contributed by atoms with van der Waals surface area (Å²) in [7, 11) is 0. The standard InChI is InChI=1S/C14H22BrN3/c1-9(2)14-17-12(15)8-13(18-14)16-11-6-4-10(3)5-7-11/h8-11H,4-7H2,1-3H3,(H,16,17,18). The first-order valence-corrected chi connectivity index (χ1v) is 7.65. The van der Waals surface area contributed by atoms with Crippen molar-refractivity contribution >= 4 is 21.7 Å². The Balaban J connectivity index is 2.04. The molecule has 3 nitrogen and oxygen atoms in total. The van der Waals surface area contributed by atoms with Crippen molar-refractivity contribution in [2.24, 2.45) is 5.92 Å². The Morgan fingerprint density at radius 1 is 1.22 bits per heavy atom. The molecule has 1 aliphatic rings. The van der Waals surface area contributed by atoms with Gasteiger partial charge in [0.15, 0.2) is 0 Å². The monoisotopic (exact) mass is 311 g/mol. The highest BCUT2D eigenvalue weighted by molar-refractivity contribution is 9.10. The molecule has 1 aromatic rings. The van der Waals surface area contributed by atoms with E-state index in [0.29, 0.717) is 12.0 Å². The van der Waals surface area contributed by atoms with Gasteiger partial charge in [0.05, 0.1) is 0 Å². The Labute approximate surface area is 118 Å². The third-order valence-electron chi connectivity index (χ3n) is 3.60. The summed E-state index contributed by atoms with van der Waals surface area (Å²) in [6.45, 7) is 6.58. The highest BCUT2D eigenvalue weighted by Crippen LogP contribution is 2.26. The molecule has 100 valence electrons. The van der Waals surface area contributed by atoms with E-state index >= 15 is 0 Å². The van der Waals surface area contributed by atoms with Crippen LogP contribution in [0.5, 0.6) is 0 Å². The van der Waals surface area contributed by atoms with Crippen molar-refractivity contribution in [2.45, 2.75) is 58.4 Å². The van der Waals surface area contributed by atoms with E-state index in [0.717, 1.165) is 22.2 Å². The lowest BCUT2D eigenvalue weighted by molar-refractivity contribution is 0.360. The number of nitrogens with zero attached hydrogens (tertiary/aromatic N) is 2. The van der Waals surface area contributed by atoms with Gasteiger partial charge in [0.25, 0.3) is 0 Å². The van der Waals surface area contributed by atoms with Crippen LogP contribution >= 0.6 is 15.9 Å². The molecule has 2 rings (SSSR count). The molecular formula is C14H22BrN3. The molecule has 1 aromatic heterocycles. The zero-order chi connectivity index (χ0) is 13.1. The van der Waals surface area contributed by atoms with Crippen molar-refractivity contribution in [3.8, 4) is 0 Å². The molecule has 0 radical (unpaired) electrons. The zero-order valence-corrected chi connectivity index (χ0v) is 13.0. The van der Waals surface area contributed by atoms with E-state index in [-0.39, 0.29) is 0 Å². The normalized spacial score (nSPS) is 24.3. The summed E-state index contributed by atoms with van der Waals surface area (Å²) in [4.78, 5) is 9.00. The van der Waals surface area contributed by atoms with Gasteiger partial charge in [-0.2, -0.15) is 0 Å². The van der Waals surface area contributed by atoms with Crippen LogP contribution in [0.3, 0.4) is 0 Å². The lowest BCUT2D eigenvalue weighted by atomic mass is 9.87. The Bertz CT molecular complexity index is 398. The van der Waals surface area contributed by atoms with Gasteiger partial charge in [0.1, 0.15) is 16.2 Å². The first-order chi connectivity index (χ1) is 8.54. The number of halogens is 1. The van der Waals surface area contributed by atoms with E-state index in [9.17, 15) is 0 Å². The second kappa shape index (κ2) is 6.00. The van der Waals surface area contributed by atoms with Gasteiger partial charge < -0.3 is 5.32 Å². The molecule has 1 N–H and O–H groups in total. The third kappa shape index (κ3) is 3.67. The van der Waals surface area contributed by atoms with Crippen LogP contribution < -0.4 is 5.32 Å². The number of hydrogen-bond donors (Lipinski definition) is 1. The molecule has 18 heavy (non-hydrogen) atoms. The van der Waals surface area contributed by atoms with Crippen LogP contribution in [-0.4, -0.2) is 16.0 Å². The van der Waals surface area contributed by atoms with Gasteiger partial charge in [-0.1, -0.05) is 20.8 Å². The van der Waals surface area contributed by atoms with Crippen molar-refractivity contribution < 1.29 is 0 Å². The quantitative estimate of drug-likeness (QED) is 0.843. The first kappa shape index (κ1) is 13.8. The minimum atomic E-state index is 0.356. The molecule has 1 fully saturated rings. The lowest BCUT2D eigenvalue weighted by Gasteiger charge is -2.27. The SMILES string of the molecule is CC1CCC(Nc2cc(Br)nc(C(C)C)n2)CC1. The van der Waals surface area contributed by atoms with Crippen LogP contribution in [0, 0.1) is 5.92 Å². The Hall–Kier alpha value is -0.640. The highest BCUT2D eigenvalue weighted by Gasteiger charge is 2.18. The van der Waals surface area contributed by atoms with Gasteiger partial charge in [0, 0.05) is 18.0 Å². The number of aromatic nitrogens is 2. The van der Waals surface area contributed by atoms with Gasteiger partial charge >= 0.3 is 0 Å². The third-order valence-corrected chi connectivity index (χ3v) is 4.00. The average Bonchev–Trinajstić information content (AvgIpc) is 2.31. The van der Waals surface area contributed by atoms with Crippen LogP contribution in [0.25, 0.3) is 0 Å². The summed E-state index contributed by atoms with van der Waals surface area (Å²) in [5.74, 6) is 3.09. The van der Waals surface area contributed by atoms with Gasteiger partial charge in [0.2, 0.25) is 0 Å². The van der Waals surface area contributed by atoms with Gasteiger partial charge in [-0.15, -0.1) is 0 Å².